The van der Waals surface area contributed by atoms with Crippen molar-refractivity contribution in [2.75, 3.05) is 0 Å². The summed E-state index contributed by atoms with van der Waals surface area (Å²) < 4.78 is 0. The molecule has 2 atom stereocenters. The van der Waals surface area contributed by atoms with Gasteiger partial charge in [-0.1, -0.05) is 106 Å². The molecule has 0 saturated carbocycles. The highest BCUT2D eigenvalue weighted by Crippen LogP contribution is 2.30. The molecule has 0 amide bonds. The lowest BCUT2D eigenvalue weighted by Gasteiger charge is -2.19. The molecule has 4 rings (SSSR count). The molecule has 0 radical (unpaired) electrons. The summed E-state index contributed by atoms with van der Waals surface area (Å²) in [6.45, 7) is 2.06. The van der Waals surface area contributed by atoms with Crippen molar-refractivity contribution in [1.82, 2.24) is 0 Å². The van der Waals surface area contributed by atoms with Crippen LogP contribution < -0.4 is 10.6 Å². The first-order valence-electron chi connectivity index (χ1n) is 10.1. The number of para-hydroxylation sites is 1. The van der Waals surface area contributed by atoms with Gasteiger partial charge in [-0.05, 0) is 40.0 Å². The van der Waals surface area contributed by atoms with Gasteiger partial charge >= 0.3 is 0 Å². The zero-order valence-electron chi connectivity index (χ0n) is 16.9. The summed E-state index contributed by atoms with van der Waals surface area (Å²) in [7, 11) is 0.258. The summed E-state index contributed by atoms with van der Waals surface area (Å²) in [5.74, 6) is 0.350. The van der Waals surface area contributed by atoms with Gasteiger partial charge in [0.25, 0.3) is 0 Å². The first-order chi connectivity index (χ1) is 14.6. The Morgan fingerprint density at radius 1 is 0.767 bits per heavy atom. The molecule has 2 unspecified atom stereocenters. The van der Waals surface area contributed by atoms with Crippen LogP contribution in [0.2, 0.25) is 0 Å². The summed E-state index contributed by atoms with van der Waals surface area (Å²) in [6.07, 6.45) is 0.00128. The second-order valence-electron chi connectivity index (χ2n) is 7.45. The summed E-state index contributed by atoms with van der Waals surface area (Å²) in [6, 6.07) is 31.9. The van der Waals surface area contributed by atoms with Crippen LogP contribution >= 0.6 is 8.58 Å². The third-order valence-corrected chi connectivity index (χ3v) is 6.94. The van der Waals surface area contributed by atoms with Gasteiger partial charge in [-0.2, -0.15) is 0 Å². The van der Waals surface area contributed by atoms with Crippen molar-refractivity contribution in [3.8, 4) is 5.75 Å². The lowest BCUT2D eigenvalue weighted by molar-refractivity contribution is 0.221. The number of phenolic OH excluding ortho intramolecular Hbond substituents is 1. The predicted octanol–water partition coefficient (Wildman–Crippen LogP) is 5.00. The number of hydrogen-bond donors (Lipinski definition) is 2. The van der Waals surface area contributed by atoms with E-state index in [-0.39, 0.29) is 8.58 Å². The lowest BCUT2D eigenvalue weighted by atomic mass is 10.00. The molecule has 4 aromatic rings. The number of aryl methyl sites for hydroxylation is 1. The van der Waals surface area contributed by atoms with Crippen LogP contribution in [0.4, 0.5) is 0 Å². The Morgan fingerprint density at radius 2 is 1.43 bits per heavy atom. The summed E-state index contributed by atoms with van der Waals surface area (Å²) in [5, 5.41) is 24.0. The molecule has 30 heavy (non-hydrogen) atoms. The van der Waals surface area contributed by atoms with Crippen molar-refractivity contribution in [3.05, 3.63) is 125 Å². The lowest BCUT2D eigenvalue weighted by Crippen LogP contribution is -2.17. The number of aliphatic hydroxyl groups is 1. The maximum atomic E-state index is 11.0. The Kier molecular flexibility index (Phi) is 6.28. The van der Waals surface area contributed by atoms with Crippen LogP contribution in [-0.4, -0.2) is 10.2 Å². The number of aliphatic hydroxyl groups excluding tert-OH is 1. The van der Waals surface area contributed by atoms with Crippen LogP contribution in [0.5, 0.6) is 5.75 Å². The van der Waals surface area contributed by atoms with Gasteiger partial charge in [-0.25, -0.2) is 0 Å². The molecule has 150 valence electrons. The van der Waals surface area contributed by atoms with E-state index in [2.05, 4.69) is 25.1 Å². The van der Waals surface area contributed by atoms with Gasteiger partial charge in [0.15, 0.2) is 0 Å². The van der Waals surface area contributed by atoms with E-state index in [0.717, 1.165) is 32.9 Å². The van der Waals surface area contributed by atoms with Gasteiger partial charge in [0.2, 0.25) is 0 Å². The minimum atomic E-state index is -0.691. The number of benzene rings is 4. The summed E-state index contributed by atoms with van der Waals surface area (Å²) >= 11 is 0. The number of aromatic hydroxyl groups is 1. The van der Waals surface area contributed by atoms with E-state index < -0.39 is 6.10 Å². The minimum Gasteiger partial charge on any atom is -0.507 e. The third kappa shape index (κ3) is 4.46. The largest absolute Gasteiger partial charge is 0.507 e. The molecule has 4 aromatic carbocycles. The van der Waals surface area contributed by atoms with Crippen molar-refractivity contribution in [3.63, 3.8) is 0 Å². The fraction of sp³-hybridized carbons (Fsp3) is 0.111. The Morgan fingerprint density at radius 3 is 2.17 bits per heavy atom. The average molecular weight is 412 g/mol. The highest BCUT2D eigenvalue weighted by atomic mass is 31.1. The maximum Gasteiger partial charge on any atom is 0.126 e. The van der Waals surface area contributed by atoms with E-state index >= 15 is 0 Å². The van der Waals surface area contributed by atoms with Crippen molar-refractivity contribution in [1.29, 1.82) is 0 Å². The second kappa shape index (κ2) is 9.26. The van der Waals surface area contributed by atoms with Crippen molar-refractivity contribution in [2.45, 2.75) is 19.4 Å². The van der Waals surface area contributed by atoms with E-state index in [0.29, 0.717) is 12.2 Å². The van der Waals surface area contributed by atoms with Crippen molar-refractivity contribution in [2.24, 2.45) is 0 Å². The molecular formula is C27H25O2P. The van der Waals surface area contributed by atoms with Gasteiger partial charge in [0.05, 0.1) is 0 Å². The van der Waals surface area contributed by atoms with E-state index in [1.54, 1.807) is 0 Å². The topological polar surface area (TPSA) is 40.5 Å². The molecular weight excluding hydrogens is 387 g/mol. The fourth-order valence-electron chi connectivity index (χ4n) is 3.69. The van der Waals surface area contributed by atoms with Gasteiger partial charge in [-0.15, -0.1) is 0 Å². The van der Waals surface area contributed by atoms with Gasteiger partial charge in [-0.3, -0.25) is 0 Å². The molecule has 0 heterocycles. The van der Waals surface area contributed by atoms with E-state index in [1.165, 1.54) is 5.56 Å². The van der Waals surface area contributed by atoms with Crippen LogP contribution in [0.25, 0.3) is 0 Å². The first kappa shape index (κ1) is 20.3. The zero-order valence-corrected chi connectivity index (χ0v) is 17.9. The Hall–Kier alpha value is -2.93. The summed E-state index contributed by atoms with van der Waals surface area (Å²) in [5.41, 5.74) is 4.98. The number of phenols is 1. The minimum absolute atomic E-state index is 0.258. The van der Waals surface area contributed by atoms with E-state index in [1.807, 2.05) is 78.9 Å². The number of hydrogen-bond acceptors (Lipinski definition) is 2. The third-order valence-electron chi connectivity index (χ3n) is 5.33. The predicted molar refractivity (Wildman–Crippen MR) is 127 cm³/mol. The van der Waals surface area contributed by atoms with Crippen LogP contribution in [0.1, 0.15) is 33.9 Å². The van der Waals surface area contributed by atoms with Crippen molar-refractivity contribution < 1.29 is 10.2 Å². The highest BCUT2D eigenvalue weighted by molar-refractivity contribution is 7.56. The monoisotopic (exact) mass is 412 g/mol. The smallest absolute Gasteiger partial charge is 0.126 e. The zero-order chi connectivity index (χ0) is 20.9. The molecule has 0 spiro atoms. The molecule has 2 nitrogen and oxygen atoms in total. The average Bonchev–Trinajstić information content (AvgIpc) is 2.78. The molecule has 0 aromatic heterocycles. The van der Waals surface area contributed by atoms with Crippen LogP contribution in [0, 0.1) is 6.92 Å². The SMILES string of the molecule is Cc1cccc(C(O)c2ccccc2)c1Pc1cccc(Cc2ccccc2)c1O. The van der Waals surface area contributed by atoms with Crippen LogP contribution in [0.15, 0.2) is 97.1 Å². The van der Waals surface area contributed by atoms with Gasteiger partial charge in [0, 0.05) is 11.7 Å². The Labute approximate surface area is 179 Å². The molecule has 0 fully saturated rings. The summed E-state index contributed by atoms with van der Waals surface area (Å²) in [4.78, 5) is 0. The molecule has 0 saturated heterocycles. The van der Waals surface area contributed by atoms with E-state index in [4.69, 9.17) is 0 Å². The molecule has 0 aliphatic heterocycles. The molecule has 2 N–H and O–H groups in total. The molecule has 0 aliphatic carbocycles. The van der Waals surface area contributed by atoms with Gasteiger partial charge < -0.3 is 10.2 Å². The van der Waals surface area contributed by atoms with E-state index in [9.17, 15) is 10.2 Å². The maximum absolute atomic E-state index is 11.0. The van der Waals surface area contributed by atoms with Crippen LogP contribution in [-0.2, 0) is 6.42 Å². The highest BCUT2D eigenvalue weighted by Gasteiger charge is 2.18. The number of rotatable bonds is 6. The van der Waals surface area contributed by atoms with Crippen molar-refractivity contribution >= 4 is 19.2 Å². The fourth-order valence-corrected chi connectivity index (χ4v) is 5.06. The quantitative estimate of drug-likeness (QED) is 0.438. The standard InChI is InChI=1S/C27H25O2P/c1-19-10-8-16-23(25(28)21-13-6-3-7-14-21)27(19)30-24-17-9-15-22(26(24)29)18-20-11-4-2-5-12-20/h2-17,25,28-30H,18H2,1H3. The second-order valence-corrected chi connectivity index (χ2v) is 8.74. The van der Waals surface area contributed by atoms with Crippen LogP contribution in [0.3, 0.4) is 0 Å². The normalized spacial score (nSPS) is 12.3. The molecule has 3 heteroatoms. The molecule has 0 aliphatic rings. The first-order valence-corrected chi connectivity index (χ1v) is 11.1. The Balaban J connectivity index is 1.67. The molecule has 0 bridgehead atoms. The Bertz CT molecular complexity index is 1120. The van der Waals surface area contributed by atoms with Gasteiger partial charge in [0.1, 0.15) is 11.9 Å².